The molecule has 8 nitrogen and oxygen atoms in total. The molecule has 0 atom stereocenters. The highest BCUT2D eigenvalue weighted by atomic mass is 16.2. The van der Waals surface area contributed by atoms with Crippen LogP contribution in [0, 0.1) is 0 Å². The highest BCUT2D eigenvalue weighted by Gasteiger charge is 2.09. The van der Waals surface area contributed by atoms with Crippen molar-refractivity contribution in [2.45, 2.75) is 19.4 Å². The van der Waals surface area contributed by atoms with Gasteiger partial charge < -0.3 is 16.8 Å². The first-order chi connectivity index (χ1) is 8.13. The summed E-state index contributed by atoms with van der Waals surface area (Å²) in [7, 11) is 0. The number of hydrogen-bond acceptors (Lipinski definition) is 5. The summed E-state index contributed by atoms with van der Waals surface area (Å²) in [6.45, 7) is 1.33. The first-order valence-corrected chi connectivity index (χ1v) is 5.30. The molecule has 0 bridgehead atoms. The molecule has 0 unspecified atom stereocenters. The van der Waals surface area contributed by atoms with Crippen molar-refractivity contribution in [2.24, 2.45) is 11.5 Å². The van der Waals surface area contributed by atoms with Crippen LogP contribution in [0.15, 0.2) is 6.20 Å². The average molecular weight is 240 g/mol. The second kappa shape index (κ2) is 6.59. The first kappa shape index (κ1) is 13.1. The van der Waals surface area contributed by atoms with Gasteiger partial charge in [0.1, 0.15) is 0 Å². The van der Waals surface area contributed by atoms with Gasteiger partial charge in [-0.1, -0.05) is 5.21 Å². The zero-order chi connectivity index (χ0) is 12.7. The van der Waals surface area contributed by atoms with Crippen LogP contribution in [0.25, 0.3) is 0 Å². The highest BCUT2D eigenvalue weighted by Crippen LogP contribution is 1.93. The van der Waals surface area contributed by atoms with Gasteiger partial charge in [0.2, 0.25) is 5.91 Å². The monoisotopic (exact) mass is 240 g/mol. The van der Waals surface area contributed by atoms with E-state index in [9.17, 15) is 9.59 Å². The minimum absolute atomic E-state index is 0.234. The Balaban J connectivity index is 2.33. The number of carbonyl (C=O) groups is 2. The summed E-state index contributed by atoms with van der Waals surface area (Å²) in [5.41, 5.74) is 10.5. The lowest BCUT2D eigenvalue weighted by Gasteiger charge is -2.00. The molecular weight excluding hydrogens is 224 g/mol. The van der Waals surface area contributed by atoms with E-state index >= 15 is 0 Å². The predicted octanol–water partition coefficient (Wildman–Crippen LogP) is -1.77. The third-order valence-electron chi connectivity index (χ3n) is 2.01. The molecule has 17 heavy (non-hydrogen) atoms. The molecule has 0 fully saturated rings. The van der Waals surface area contributed by atoms with Crippen molar-refractivity contribution in [3.63, 3.8) is 0 Å². The molecule has 2 amide bonds. The topological polar surface area (TPSA) is 129 Å². The van der Waals surface area contributed by atoms with Crippen LogP contribution in [0.5, 0.6) is 0 Å². The maximum Gasteiger partial charge on any atom is 0.273 e. The summed E-state index contributed by atoms with van der Waals surface area (Å²) >= 11 is 0. The lowest BCUT2D eigenvalue weighted by molar-refractivity contribution is -0.118. The highest BCUT2D eigenvalue weighted by molar-refractivity contribution is 5.91. The fraction of sp³-hybridized carbons (Fsp3) is 0.556. The number of carbonyl (C=O) groups excluding carboxylic acids is 2. The molecule has 0 aliphatic heterocycles. The number of nitrogens with one attached hydrogen (secondary N) is 1. The molecule has 0 aliphatic carbocycles. The summed E-state index contributed by atoms with van der Waals surface area (Å²) in [5, 5.41) is 10.1. The van der Waals surface area contributed by atoms with Crippen molar-refractivity contribution in [3.05, 3.63) is 11.9 Å². The Hall–Kier alpha value is -1.96. The smallest absolute Gasteiger partial charge is 0.273 e. The van der Waals surface area contributed by atoms with E-state index in [-0.39, 0.29) is 23.9 Å². The molecule has 0 aromatic carbocycles. The normalized spacial score (nSPS) is 10.2. The van der Waals surface area contributed by atoms with Gasteiger partial charge in [-0.2, -0.15) is 0 Å². The Labute approximate surface area is 98.3 Å². The molecule has 0 saturated heterocycles. The third kappa shape index (κ3) is 4.60. The fourth-order valence-electron chi connectivity index (χ4n) is 1.20. The SMILES string of the molecule is NCCn1cc(C(=O)NCCCC(N)=O)nn1. The lowest BCUT2D eigenvalue weighted by Crippen LogP contribution is -2.26. The average Bonchev–Trinajstić information content (AvgIpc) is 2.73. The number of hydrogen-bond donors (Lipinski definition) is 3. The van der Waals surface area contributed by atoms with Gasteiger partial charge in [-0.05, 0) is 6.42 Å². The molecule has 94 valence electrons. The third-order valence-corrected chi connectivity index (χ3v) is 2.01. The predicted molar refractivity (Wildman–Crippen MR) is 59.8 cm³/mol. The Morgan fingerprint density at radius 1 is 1.47 bits per heavy atom. The largest absolute Gasteiger partial charge is 0.370 e. The van der Waals surface area contributed by atoms with Gasteiger partial charge in [0.25, 0.3) is 5.91 Å². The van der Waals surface area contributed by atoms with E-state index in [1.807, 2.05) is 0 Å². The number of nitrogens with zero attached hydrogens (tertiary/aromatic N) is 3. The van der Waals surface area contributed by atoms with Crippen LogP contribution in [0.1, 0.15) is 23.3 Å². The summed E-state index contributed by atoms with van der Waals surface area (Å²) in [6.07, 6.45) is 2.29. The Bertz CT molecular complexity index is 389. The summed E-state index contributed by atoms with van der Waals surface area (Å²) in [5.74, 6) is -0.703. The molecule has 0 spiro atoms. The maximum atomic E-state index is 11.5. The number of aromatic nitrogens is 3. The summed E-state index contributed by atoms with van der Waals surface area (Å²) in [6, 6.07) is 0. The van der Waals surface area contributed by atoms with E-state index in [1.54, 1.807) is 0 Å². The molecular formula is C9H16N6O2. The van der Waals surface area contributed by atoms with Gasteiger partial charge in [-0.15, -0.1) is 5.10 Å². The molecule has 1 aromatic rings. The van der Waals surface area contributed by atoms with Gasteiger partial charge in [0.15, 0.2) is 5.69 Å². The molecule has 1 rings (SSSR count). The van der Waals surface area contributed by atoms with E-state index in [0.717, 1.165) is 0 Å². The standard InChI is InChI=1S/C9H16N6O2/c10-3-5-15-6-7(13-14-15)9(17)12-4-1-2-8(11)16/h6H,1-5,10H2,(H2,11,16)(H,12,17). The zero-order valence-electron chi connectivity index (χ0n) is 9.43. The summed E-state index contributed by atoms with van der Waals surface area (Å²) < 4.78 is 1.50. The van der Waals surface area contributed by atoms with Crippen LogP contribution < -0.4 is 16.8 Å². The molecule has 0 radical (unpaired) electrons. The Morgan fingerprint density at radius 3 is 2.88 bits per heavy atom. The van der Waals surface area contributed by atoms with Crippen LogP contribution in [0.3, 0.4) is 0 Å². The number of primary amides is 1. The molecule has 5 N–H and O–H groups in total. The van der Waals surface area contributed by atoms with Crippen LogP contribution in [-0.2, 0) is 11.3 Å². The van der Waals surface area contributed by atoms with Crippen molar-refractivity contribution in [1.29, 1.82) is 0 Å². The first-order valence-electron chi connectivity index (χ1n) is 5.30. The van der Waals surface area contributed by atoms with E-state index < -0.39 is 0 Å². The van der Waals surface area contributed by atoms with Gasteiger partial charge >= 0.3 is 0 Å². The minimum Gasteiger partial charge on any atom is -0.370 e. The lowest BCUT2D eigenvalue weighted by atomic mass is 10.3. The maximum absolute atomic E-state index is 11.5. The molecule has 0 aliphatic rings. The number of rotatable bonds is 7. The molecule has 0 saturated carbocycles. The van der Waals surface area contributed by atoms with Crippen molar-refractivity contribution in [2.75, 3.05) is 13.1 Å². The second-order valence-corrected chi connectivity index (χ2v) is 3.48. The van der Waals surface area contributed by atoms with Crippen molar-refractivity contribution in [1.82, 2.24) is 20.3 Å². The fourth-order valence-corrected chi connectivity index (χ4v) is 1.20. The molecule has 8 heteroatoms. The van der Waals surface area contributed by atoms with Gasteiger partial charge in [-0.25, -0.2) is 0 Å². The van der Waals surface area contributed by atoms with Crippen molar-refractivity contribution in [3.8, 4) is 0 Å². The van der Waals surface area contributed by atoms with Crippen molar-refractivity contribution < 1.29 is 9.59 Å². The van der Waals surface area contributed by atoms with Gasteiger partial charge in [0.05, 0.1) is 12.7 Å². The Morgan fingerprint density at radius 2 is 2.24 bits per heavy atom. The second-order valence-electron chi connectivity index (χ2n) is 3.48. The van der Waals surface area contributed by atoms with Crippen LogP contribution in [-0.4, -0.2) is 39.9 Å². The van der Waals surface area contributed by atoms with E-state index in [4.69, 9.17) is 11.5 Å². The van der Waals surface area contributed by atoms with Crippen LogP contribution in [0.2, 0.25) is 0 Å². The van der Waals surface area contributed by atoms with E-state index in [0.29, 0.717) is 26.1 Å². The van der Waals surface area contributed by atoms with E-state index in [2.05, 4.69) is 15.6 Å². The molecule has 1 aromatic heterocycles. The number of nitrogens with two attached hydrogens (primary N) is 2. The quantitative estimate of drug-likeness (QED) is 0.486. The van der Waals surface area contributed by atoms with Crippen LogP contribution in [0.4, 0.5) is 0 Å². The number of amides is 2. The Kier molecular flexibility index (Phi) is 5.08. The zero-order valence-corrected chi connectivity index (χ0v) is 9.43. The summed E-state index contributed by atoms with van der Waals surface area (Å²) in [4.78, 5) is 22.0. The van der Waals surface area contributed by atoms with Crippen molar-refractivity contribution >= 4 is 11.8 Å². The molecule has 1 heterocycles. The van der Waals surface area contributed by atoms with Crippen LogP contribution >= 0.6 is 0 Å². The van der Waals surface area contributed by atoms with E-state index in [1.165, 1.54) is 10.9 Å². The van der Waals surface area contributed by atoms with Gasteiger partial charge in [-0.3, -0.25) is 14.3 Å². The minimum atomic E-state index is -0.381. The van der Waals surface area contributed by atoms with Gasteiger partial charge in [0, 0.05) is 19.5 Å².